The van der Waals surface area contributed by atoms with Crippen LogP contribution in [-0.2, 0) is 22.8 Å². The van der Waals surface area contributed by atoms with Crippen molar-refractivity contribution in [2.75, 3.05) is 41.0 Å². The van der Waals surface area contributed by atoms with Crippen LogP contribution in [0.4, 0.5) is 0 Å². The SMILES string of the molecule is CCOC(=O)CCNCCCC[Si](OC)(OC)OC. The van der Waals surface area contributed by atoms with Gasteiger partial charge in [-0.1, -0.05) is 0 Å². The number of carbonyl (C=O) groups excluding carboxylic acids is 1. The topological polar surface area (TPSA) is 66.0 Å². The number of rotatable bonds is 12. The second-order valence-corrected chi connectivity index (χ2v) is 7.15. The van der Waals surface area contributed by atoms with Crippen molar-refractivity contribution in [2.24, 2.45) is 0 Å². The number of esters is 1. The molecule has 0 aliphatic heterocycles. The zero-order valence-corrected chi connectivity index (χ0v) is 13.5. The first-order valence-electron chi connectivity index (χ1n) is 6.66. The molecule has 0 aliphatic carbocycles. The maximum Gasteiger partial charge on any atom is 0.500 e. The predicted molar refractivity (Wildman–Crippen MR) is 74.9 cm³/mol. The van der Waals surface area contributed by atoms with Gasteiger partial charge >= 0.3 is 14.8 Å². The molecule has 6 nitrogen and oxygen atoms in total. The second kappa shape index (κ2) is 11.4. The van der Waals surface area contributed by atoms with Gasteiger partial charge in [0.2, 0.25) is 0 Å². The van der Waals surface area contributed by atoms with Crippen molar-refractivity contribution in [3.05, 3.63) is 0 Å². The van der Waals surface area contributed by atoms with Gasteiger partial charge in [-0.2, -0.15) is 0 Å². The lowest BCUT2D eigenvalue weighted by Crippen LogP contribution is -2.42. The summed E-state index contributed by atoms with van der Waals surface area (Å²) in [5.41, 5.74) is 0. The van der Waals surface area contributed by atoms with Gasteiger partial charge in [-0.3, -0.25) is 4.79 Å². The Kier molecular flexibility index (Phi) is 11.1. The fourth-order valence-electron chi connectivity index (χ4n) is 1.70. The van der Waals surface area contributed by atoms with Crippen LogP contribution >= 0.6 is 0 Å². The number of ether oxygens (including phenoxy) is 1. The first-order chi connectivity index (χ1) is 9.14. The molecule has 0 amide bonds. The van der Waals surface area contributed by atoms with E-state index >= 15 is 0 Å². The summed E-state index contributed by atoms with van der Waals surface area (Å²) in [5, 5.41) is 3.21. The van der Waals surface area contributed by atoms with Crippen LogP contribution in [0.15, 0.2) is 0 Å². The first kappa shape index (κ1) is 18.5. The average Bonchev–Trinajstić information content (AvgIpc) is 2.43. The molecule has 0 aromatic heterocycles. The second-order valence-electron chi connectivity index (χ2n) is 4.06. The molecule has 0 saturated carbocycles. The van der Waals surface area contributed by atoms with E-state index in [9.17, 15) is 4.79 Å². The van der Waals surface area contributed by atoms with Crippen molar-refractivity contribution in [1.82, 2.24) is 5.32 Å². The van der Waals surface area contributed by atoms with E-state index in [0.717, 1.165) is 25.4 Å². The van der Waals surface area contributed by atoms with Gasteiger partial charge < -0.3 is 23.3 Å². The molecule has 0 fully saturated rings. The number of carbonyl (C=O) groups is 1. The highest BCUT2D eigenvalue weighted by atomic mass is 28.4. The maximum absolute atomic E-state index is 11.1. The van der Waals surface area contributed by atoms with E-state index in [2.05, 4.69) is 5.32 Å². The third-order valence-electron chi connectivity index (χ3n) is 2.83. The predicted octanol–water partition coefficient (Wildman–Crippen LogP) is 1.19. The summed E-state index contributed by atoms with van der Waals surface area (Å²) < 4.78 is 20.8. The van der Waals surface area contributed by atoms with E-state index in [1.807, 2.05) is 6.92 Å². The van der Waals surface area contributed by atoms with Crippen molar-refractivity contribution in [1.29, 1.82) is 0 Å². The van der Waals surface area contributed by atoms with E-state index in [1.54, 1.807) is 21.3 Å². The van der Waals surface area contributed by atoms with Gasteiger partial charge in [0.05, 0.1) is 13.0 Å². The Bertz CT molecular complexity index is 228. The van der Waals surface area contributed by atoms with Gasteiger partial charge in [0.25, 0.3) is 0 Å². The van der Waals surface area contributed by atoms with Gasteiger partial charge in [0.15, 0.2) is 0 Å². The van der Waals surface area contributed by atoms with Crippen LogP contribution in [-0.4, -0.2) is 55.8 Å². The lowest BCUT2D eigenvalue weighted by atomic mass is 10.3. The van der Waals surface area contributed by atoms with Crippen LogP contribution in [0.2, 0.25) is 6.04 Å². The highest BCUT2D eigenvalue weighted by Crippen LogP contribution is 2.15. The van der Waals surface area contributed by atoms with E-state index in [0.29, 0.717) is 19.6 Å². The summed E-state index contributed by atoms with van der Waals surface area (Å²) in [6, 6.07) is 0.802. The van der Waals surface area contributed by atoms with Crippen molar-refractivity contribution in [2.45, 2.75) is 32.2 Å². The minimum atomic E-state index is -2.42. The number of nitrogens with one attached hydrogen (secondary N) is 1. The standard InChI is InChI=1S/C12H27NO5Si/c1-5-18-12(14)8-10-13-9-6-7-11-19(15-2,16-3)17-4/h13H,5-11H2,1-4H3. The van der Waals surface area contributed by atoms with Crippen LogP contribution < -0.4 is 5.32 Å². The summed E-state index contributed by atoms with van der Waals surface area (Å²) in [5.74, 6) is -0.153. The molecular formula is C12H27NO5Si. The summed E-state index contributed by atoms with van der Waals surface area (Å²) in [7, 11) is 2.45. The molecule has 114 valence electrons. The van der Waals surface area contributed by atoms with E-state index in [1.165, 1.54) is 0 Å². The highest BCUT2D eigenvalue weighted by molar-refractivity contribution is 6.60. The van der Waals surface area contributed by atoms with Crippen LogP contribution in [0, 0.1) is 0 Å². The lowest BCUT2D eigenvalue weighted by Gasteiger charge is -2.24. The molecule has 0 bridgehead atoms. The Morgan fingerprint density at radius 1 is 1.05 bits per heavy atom. The molecule has 0 rings (SSSR count). The fourth-order valence-corrected chi connectivity index (χ4v) is 3.49. The number of hydrogen-bond acceptors (Lipinski definition) is 6. The van der Waals surface area contributed by atoms with Gasteiger partial charge in [-0.25, -0.2) is 0 Å². The monoisotopic (exact) mass is 293 g/mol. The van der Waals surface area contributed by atoms with Crippen LogP contribution in [0.1, 0.15) is 26.2 Å². The minimum absolute atomic E-state index is 0.153. The third kappa shape index (κ3) is 8.33. The van der Waals surface area contributed by atoms with E-state index in [-0.39, 0.29) is 5.97 Å². The largest absolute Gasteiger partial charge is 0.500 e. The summed E-state index contributed by atoms with van der Waals surface area (Å²) in [6.07, 6.45) is 2.38. The average molecular weight is 293 g/mol. The minimum Gasteiger partial charge on any atom is -0.466 e. The number of unbranched alkanes of at least 4 members (excludes halogenated alkanes) is 1. The van der Waals surface area contributed by atoms with Gasteiger partial charge in [0.1, 0.15) is 0 Å². The van der Waals surface area contributed by atoms with Crippen molar-refractivity contribution >= 4 is 14.8 Å². The Morgan fingerprint density at radius 3 is 2.21 bits per heavy atom. The highest BCUT2D eigenvalue weighted by Gasteiger charge is 2.36. The molecule has 1 N–H and O–H groups in total. The van der Waals surface area contributed by atoms with E-state index < -0.39 is 8.80 Å². The molecule has 0 radical (unpaired) electrons. The Morgan fingerprint density at radius 2 is 1.68 bits per heavy atom. The van der Waals surface area contributed by atoms with E-state index in [4.69, 9.17) is 18.0 Å². The zero-order valence-electron chi connectivity index (χ0n) is 12.5. The molecule has 0 atom stereocenters. The lowest BCUT2D eigenvalue weighted by molar-refractivity contribution is -0.142. The molecule has 0 unspecified atom stereocenters. The molecule has 0 aliphatic rings. The molecule has 0 spiro atoms. The van der Waals surface area contributed by atoms with Gasteiger partial charge in [-0.15, -0.1) is 0 Å². The molecule has 0 aromatic carbocycles. The van der Waals surface area contributed by atoms with Crippen molar-refractivity contribution in [3.8, 4) is 0 Å². The Balaban J connectivity index is 3.52. The summed E-state index contributed by atoms with van der Waals surface area (Å²) in [6.45, 7) is 3.76. The summed E-state index contributed by atoms with van der Waals surface area (Å²) in [4.78, 5) is 11.1. The zero-order chi connectivity index (χ0) is 14.6. The van der Waals surface area contributed by atoms with Crippen molar-refractivity contribution < 1.29 is 22.8 Å². The van der Waals surface area contributed by atoms with Crippen molar-refractivity contribution in [3.63, 3.8) is 0 Å². The smallest absolute Gasteiger partial charge is 0.466 e. The normalized spacial score (nSPS) is 11.6. The Hall–Kier alpha value is -0.473. The number of hydrogen-bond donors (Lipinski definition) is 1. The molecular weight excluding hydrogens is 266 g/mol. The molecule has 0 aromatic rings. The van der Waals surface area contributed by atoms with Crippen LogP contribution in [0.25, 0.3) is 0 Å². The Labute approximate surface area is 117 Å². The third-order valence-corrected chi connectivity index (χ3v) is 5.66. The fraction of sp³-hybridized carbons (Fsp3) is 0.917. The molecule has 0 saturated heterocycles. The van der Waals surface area contributed by atoms with Crippen LogP contribution in [0.5, 0.6) is 0 Å². The molecule has 7 heteroatoms. The van der Waals surface area contributed by atoms with Crippen LogP contribution in [0.3, 0.4) is 0 Å². The maximum atomic E-state index is 11.1. The molecule has 0 heterocycles. The van der Waals surface area contributed by atoms with Gasteiger partial charge in [0, 0.05) is 33.9 Å². The molecule has 19 heavy (non-hydrogen) atoms. The first-order valence-corrected chi connectivity index (χ1v) is 8.59. The summed E-state index contributed by atoms with van der Waals surface area (Å²) >= 11 is 0. The quantitative estimate of drug-likeness (QED) is 0.331. The van der Waals surface area contributed by atoms with Gasteiger partial charge in [-0.05, 0) is 26.3 Å².